The van der Waals surface area contributed by atoms with Crippen molar-refractivity contribution < 1.29 is 22.4 Å². The summed E-state index contributed by atoms with van der Waals surface area (Å²) in [6, 6.07) is 12.2. The van der Waals surface area contributed by atoms with Gasteiger partial charge >= 0.3 is 0 Å². The minimum atomic E-state index is -3.82. The summed E-state index contributed by atoms with van der Waals surface area (Å²) in [7, 11) is -3.82. The molecule has 0 saturated carbocycles. The van der Waals surface area contributed by atoms with E-state index in [1.807, 2.05) is 6.92 Å². The lowest BCUT2D eigenvalue weighted by Crippen LogP contribution is -2.23. The first-order valence-corrected chi connectivity index (χ1v) is 9.85. The van der Waals surface area contributed by atoms with Gasteiger partial charge in [0.15, 0.2) is 9.84 Å². The SMILES string of the molecule is Cc1coc(-c2cccc(NC(=O)c3ccc(S(=O)(=O)CC(N)=O)cc3)c2)n1. The maximum atomic E-state index is 12.4. The van der Waals surface area contributed by atoms with Crippen molar-refractivity contribution in [2.24, 2.45) is 5.73 Å². The normalized spacial score (nSPS) is 11.2. The van der Waals surface area contributed by atoms with Gasteiger partial charge in [0.2, 0.25) is 11.8 Å². The highest BCUT2D eigenvalue weighted by Gasteiger charge is 2.18. The van der Waals surface area contributed by atoms with Crippen LogP contribution in [-0.2, 0) is 14.6 Å². The van der Waals surface area contributed by atoms with E-state index in [1.165, 1.54) is 30.5 Å². The fourth-order valence-corrected chi connectivity index (χ4v) is 3.60. The van der Waals surface area contributed by atoms with Gasteiger partial charge in [-0.3, -0.25) is 9.59 Å². The van der Waals surface area contributed by atoms with Crippen LogP contribution in [0.3, 0.4) is 0 Å². The lowest BCUT2D eigenvalue weighted by Gasteiger charge is -2.07. The number of oxazole rings is 1. The average Bonchev–Trinajstić information content (AvgIpc) is 3.07. The second kappa shape index (κ2) is 7.65. The number of benzene rings is 2. The quantitative estimate of drug-likeness (QED) is 0.653. The van der Waals surface area contributed by atoms with Crippen molar-refractivity contribution in [3.63, 3.8) is 0 Å². The molecule has 1 heterocycles. The van der Waals surface area contributed by atoms with Crippen LogP contribution in [-0.4, -0.2) is 31.0 Å². The molecule has 144 valence electrons. The van der Waals surface area contributed by atoms with Crippen LogP contribution in [0.1, 0.15) is 16.1 Å². The number of hydrogen-bond donors (Lipinski definition) is 2. The van der Waals surface area contributed by atoms with E-state index >= 15 is 0 Å². The zero-order valence-corrected chi connectivity index (χ0v) is 15.7. The second-order valence-corrected chi connectivity index (χ2v) is 8.07. The Bertz CT molecular complexity index is 1130. The van der Waals surface area contributed by atoms with Crippen molar-refractivity contribution >= 4 is 27.3 Å². The van der Waals surface area contributed by atoms with Gasteiger partial charge in [-0.1, -0.05) is 6.07 Å². The molecule has 2 amide bonds. The van der Waals surface area contributed by atoms with E-state index in [0.29, 0.717) is 17.1 Å². The number of sulfone groups is 1. The number of amides is 2. The van der Waals surface area contributed by atoms with Crippen LogP contribution in [0.4, 0.5) is 5.69 Å². The van der Waals surface area contributed by atoms with Crippen molar-refractivity contribution in [3.05, 3.63) is 66.1 Å². The summed E-state index contributed by atoms with van der Waals surface area (Å²) < 4.78 is 29.3. The van der Waals surface area contributed by atoms with Gasteiger partial charge in [0.1, 0.15) is 12.0 Å². The van der Waals surface area contributed by atoms with Gasteiger partial charge < -0.3 is 15.5 Å². The maximum absolute atomic E-state index is 12.4. The summed E-state index contributed by atoms with van der Waals surface area (Å²) in [5, 5.41) is 2.73. The molecule has 0 saturated heterocycles. The third-order valence-electron chi connectivity index (χ3n) is 3.79. The first-order chi connectivity index (χ1) is 13.2. The highest BCUT2D eigenvalue weighted by Crippen LogP contribution is 2.22. The number of hydrogen-bond acceptors (Lipinski definition) is 6. The molecule has 0 radical (unpaired) electrons. The number of nitrogens with one attached hydrogen (secondary N) is 1. The van der Waals surface area contributed by atoms with E-state index in [9.17, 15) is 18.0 Å². The van der Waals surface area contributed by atoms with E-state index in [4.69, 9.17) is 10.2 Å². The zero-order chi connectivity index (χ0) is 20.3. The molecule has 0 atom stereocenters. The Balaban J connectivity index is 1.76. The molecule has 28 heavy (non-hydrogen) atoms. The smallest absolute Gasteiger partial charge is 0.255 e. The van der Waals surface area contributed by atoms with Crippen LogP contribution >= 0.6 is 0 Å². The monoisotopic (exact) mass is 399 g/mol. The lowest BCUT2D eigenvalue weighted by atomic mass is 10.1. The van der Waals surface area contributed by atoms with Gasteiger partial charge in [0, 0.05) is 16.8 Å². The van der Waals surface area contributed by atoms with E-state index in [1.54, 1.807) is 24.3 Å². The average molecular weight is 399 g/mol. The number of carbonyl (C=O) groups is 2. The van der Waals surface area contributed by atoms with Gasteiger partial charge in [-0.15, -0.1) is 0 Å². The summed E-state index contributed by atoms with van der Waals surface area (Å²) in [4.78, 5) is 27.5. The fraction of sp³-hybridized carbons (Fsp3) is 0.105. The van der Waals surface area contributed by atoms with E-state index in [0.717, 1.165) is 5.69 Å². The third kappa shape index (κ3) is 4.44. The molecule has 3 aromatic rings. The van der Waals surface area contributed by atoms with Crippen LogP contribution in [0, 0.1) is 6.92 Å². The first-order valence-electron chi connectivity index (χ1n) is 8.20. The van der Waals surface area contributed by atoms with Crippen molar-refractivity contribution in [1.82, 2.24) is 4.98 Å². The minimum absolute atomic E-state index is 0.0795. The van der Waals surface area contributed by atoms with Gasteiger partial charge in [-0.2, -0.15) is 0 Å². The van der Waals surface area contributed by atoms with Gasteiger partial charge in [-0.05, 0) is 49.4 Å². The van der Waals surface area contributed by atoms with Gasteiger partial charge in [0.25, 0.3) is 5.91 Å². The predicted octanol–water partition coefficient (Wildman–Crippen LogP) is 2.16. The summed E-state index contributed by atoms with van der Waals surface area (Å²) in [5.41, 5.74) is 7.19. The van der Waals surface area contributed by atoms with Crippen LogP contribution in [0.15, 0.2) is 64.1 Å². The van der Waals surface area contributed by atoms with Gasteiger partial charge in [-0.25, -0.2) is 13.4 Å². The topological polar surface area (TPSA) is 132 Å². The molecule has 0 spiro atoms. The minimum Gasteiger partial charge on any atom is -0.444 e. The van der Waals surface area contributed by atoms with Crippen molar-refractivity contribution in [3.8, 4) is 11.5 Å². The highest BCUT2D eigenvalue weighted by atomic mass is 32.2. The predicted molar refractivity (Wildman–Crippen MR) is 102 cm³/mol. The largest absolute Gasteiger partial charge is 0.444 e. The summed E-state index contributed by atoms with van der Waals surface area (Å²) in [6.07, 6.45) is 1.54. The van der Waals surface area contributed by atoms with E-state index in [-0.39, 0.29) is 10.5 Å². The summed E-state index contributed by atoms with van der Waals surface area (Å²) in [5.74, 6) is -1.70. The number of nitrogens with zero attached hydrogens (tertiary/aromatic N) is 1. The standard InChI is InChI=1S/C19H17N3O5S/c1-12-10-27-19(21-12)14-3-2-4-15(9-14)22-18(24)13-5-7-16(8-6-13)28(25,26)11-17(20)23/h2-10H,11H2,1H3,(H2,20,23)(H,22,24). The van der Waals surface area contributed by atoms with Crippen LogP contribution < -0.4 is 11.1 Å². The molecule has 0 aliphatic rings. The molecule has 1 aromatic heterocycles. The van der Waals surface area contributed by atoms with Crippen molar-refractivity contribution in [2.45, 2.75) is 11.8 Å². The Labute approximate surface area is 161 Å². The Kier molecular flexibility index (Phi) is 5.27. The van der Waals surface area contributed by atoms with Crippen LogP contribution in [0.25, 0.3) is 11.5 Å². The summed E-state index contributed by atoms with van der Waals surface area (Å²) >= 11 is 0. The maximum Gasteiger partial charge on any atom is 0.255 e. The Morgan fingerprint density at radius 3 is 2.46 bits per heavy atom. The Hall–Kier alpha value is -3.46. The second-order valence-electron chi connectivity index (χ2n) is 6.08. The molecule has 0 bridgehead atoms. The molecule has 8 nitrogen and oxygen atoms in total. The number of carbonyl (C=O) groups excluding carboxylic acids is 2. The van der Waals surface area contributed by atoms with Gasteiger partial charge in [0.05, 0.1) is 10.6 Å². The zero-order valence-electron chi connectivity index (χ0n) is 14.9. The Morgan fingerprint density at radius 2 is 1.86 bits per heavy atom. The summed E-state index contributed by atoms with van der Waals surface area (Å²) in [6.45, 7) is 1.81. The molecular formula is C19H17N3O5S. The molecule has 0 aliphatic carbocycles. The third-order valence-corrected chi connectivity index (χ3v) is 5.45. The van der Waals surface area contributed by atoms with Crippen LogP contribution in [0.2, 0.25) is 0 Å². The number of anilines is 1. The molecule has 9 heteroatoms. The van der Waals surface area contributed by atoms with E-state index < -0.39 is 27.4 Å². The molecule has 3 rings (SSSR count). The number of rotatable bonds is 6. The molecule has 0 fully saturated rings. The molecule has 0 aliphatic heterocycles. The van der Waals surface area contributed by atoms with Crippen molar-refractivity contribution in [2.75, 3.05) is 11.1 Å². The number of primary amides is 1. The molecule has 0 unspecified atom stereocenters. The number of aryl methyl sites for hydroxylation is 1. The van der Waals surface area contributed by atoms with Crippen LogP contribution in [0.5, 0.6) is 0 Å². The number of nitrogens with two attached hydrogens (primary N) is 1. The Morgan fingerprint density at radius 1 is 1.14 bits per heavy atom. The fourth-order valence-electron chi connectivity index (χ4n) is 2.50. The highest BCUT2D eigenvalue weighted by molar-refractivity contribution is 7.92. The molecule has 3 N–H and O–H groups in total. The molecule has 2 aromatic carbocycles. The first kappa shape index (κ1) is 19.3. The number of aromatic nitrogens is 1. The molecular weight excluding hydrogens is 382 g/mol. The lowest BCUT2D eigenvalue weighted by molar-refractivity contribution is -0.115. The van der Waals surface area contributed by atoms with E-state index in [2.05, 4.69) is 10.3 Å². The van der Waals surface area contributed by atoms with Crippen molar-refractivity contribution in [1.29, 1.82) is 0 Å².